The lowest BCUT2D eigenvalue weighted by Crippen LogP contribution is -2.11. The number of rotatable bonds is 10. The number of hydrogen-bond donors (Lipinski definition) is 1. The van der Waals surface area contributed by atoms with Crippen LogP contribution in [0.1, 0.15) is 59.3 Å². The van der Waals surface area contributed by atoms with Gasteiger partial charge < -0.3 is 14.8 Å². The average molecular weight is 500 g/mol. The van der Waals surface area contributed by atoms with Crippen molar-refractivity contribution in [3.05, 3.63) is 82.9 Å². The fraction of sp³-hybridized carbons (Fsp3) is 0.310. The van der Waals surface area contributed by atoms with Crippen LogP contribution in [0.5, 0.6) is 17.4 Å². The van der Waals surface area contributed by atoms with Gasteiger partial charge >= 0.3 is 0 Å². The van der Waals surface area contributed by atoms with E-state index in [0.717, 1.165) is 42.0 Å². The summed E-state index contributed by atoms with van der Waals surface area (Å²) in [5.74, 6) is 2.82. The molecule has 0 aliphatic carbocycles. The van der Waals surface area contributed by atoms with Gasteiger partial charge in [-0.05, 0) is 88.2 Å². The number of hydrogen-bond acceptors (Lipinski definition) is 6. The van der Waals surface area contributed by atoms with E-state index in [1.54, 1.807) is 47.1 Å². The van der Waals surface area contributed by atoms with Crippen LogP contribution < -0.4 is 14.8 Å². The molecule has 0 bridgehead atoms. The van der Waals surface area contributed by atoms with Crippen LogP contribution in [0.2, 0.25) is 0 Å². The van der Waals surface area contributed by atoms with E-state index in [1.807, 2.05) is 39.8 Å². The monoisotopic (exact) mass is 499 g/mol. The molecule has 0 unspecified atom stereocenters. The molecule has 4 aromatic rings. The molecule has 0 spiro atoms. The second-order valence-corrected chi connectivity index (χ2v) is 8.98. The van der Waals surface area contributed by atoms with Gasteiger partial charge in [-0.25, -0.2) is 9.67 Å². The second-order valence-electron chi connectivity index (χ2n) is 8.98. The Morgan fingerprint density at radius 2 is 1.62 bits per heavy atom. The van der Waals surface area contributed by atoms with Gasteiger partial charge in [0.25, 0.3) is 5.91 Å². The van der Waals surface area contributed by atoms with Crippen LogP contribution in [0.3, 0.4) is 0 Å². The Morgan fingerprint density at radius 1 is 0.919 bits per heavy atom. The largest absolute Gasteiger partial charge is 0.494 e. The predicted molar refractivity (Wildman–Crippen MR) is 144 cm³/mol. The van der Waals surface area contributed by atoms with Crippen molar-refractivity contribution in [3.8, 4) is 23.2 Å². The van der Waals surface area contributed by atoms with Crippen LogP contribution in [0.25, 0.3) is 5.82 Å². The minimum Gasteiger partial charge on any atom is -0.494 e. The first kappa shape index (κ1) is 25.9. The first-order valence-electron chi connectivity index (χ1n) is 12.5. The molecule has 2 heterocycles. The SMILES string of the molecule is CCCCCOc1ccc(C(=O)Nc2ccc(Oc3cc(-n4nc(C)c(C)c4C)nc(C)n3)cc2)cc1. The first-order valence-corrected chi connectivity index (χ1v) is 12.5. The Morgan fingerprint density at radius 3 is 2.27 bits per heavy atom. The number of aryl methyl sites for hydroxylation is 2. The van der Waals surface area contributed by atoms with Gasteiger partial charge in [0, 0.05) is 23.0 Å². The highest BCUT2D eigenvalue weighted by Gasteiger charge is 2.13. The minimum atomic E-state index is -0.192. The number of carbonyl (C=O) groups is 1. The highest BCUT2D eigenvalue weighted by molar-refractivity contribution is 6.04. The molecule has 2 aromatic heterocycles. The molecule has 8 nitrogen and oxygen atoms in total. The number of ether oxygens (including phenoxy) is 2. The van der Waals surface area contributed by atoms with Crippen molar-refractivity contribution in [1.82, 2.24) is 19.7 Å². The Bertz CT molecular complexity index is 1360. The quantitative estimate of drug-likeness (QED) is 0.250. The molecular weight excluding hydrogens is 466 g/mol. The molecule has 0 aliphatic rings. The summed E-state index contributed by atoms with van der Waals surface area (Å²) in [6, 6.07) is 16.1. The third kappa shape index (κ3) is 6.52. The molecule has 1 amide bonds. The van der Waals surface area contributed by atoms with E-state index >= 15 is 0 Å². The molecule has 4 rings (SSSR count). The van der Waals surface area contributed by atoms with Crippen LogP contribution in [0.15, 0.2) is 54.6 Å². The van der Waals surface area contributed by atoms with E-state index in [-0.39, 0.29) is 5.91 Å². The lowest BCUT2D eigenvalue weighted by molar-refractivity contribution is 0.102. The summed E-state index contributed by atoms with van der Waals surface area (Å²) in [4.78, 5) is 21.6. The second kappa shape index (κ2) is 11.7. The fourth-order valence-corrected chi connectivity index (χ4v) is 3.80. The highest BCUT2D eigenvalue weighted by atomic mass is 16.5. The summed E-state index contributed by atoms with van der Waals surface area (Å²) >= 11 is 0. The maximum absolute atomic E-state index is 12.7. The van der Waals surface area contributed by atoms with Gasteiger partial charge in [0.2, 0.25) is 5.88 Å². The van der Waals surface area contributed by atoms with Gasteiger partial charge in [0.15, 0.2) is 5.82 Å². The highest BCUT2D eigenvalue weighted by Crippen LogP contribution is 2.25. The average Bonchev–Trinajstić information content (AvgIpc) is 3.15. The Balaban J connectivity index is 1.38. The van der Waals surface area contributed by atoms with Crippen LogP contribution in [-0.2, 0) is 0 Å². The molecule has 0 radical (unpaired) electrons. The van der Waals surface area contributed by atoms with Crippen molar-refractivity contribution < 1.29 is 14.3 Å². The molecule has 8 heteroatoms. The van der Waals surface area contributed by atoms with Crippen molar-refractivity contribution in [1.29, 1.82) is 0 Å². The zero-order chi connectivity index (χ0) is 26.4. The minimum absolute atomic E-state index is 0.192. The number of amides is 1. The van der Waals surface area contributed by atoms with Crippen molar-refractivity contribution >= 4 is 11.6 Å². The Hall–Kier alpha value is -4.20. The summed E-state index contributed by atoms with van der Waals surface area (Å²) in [7, 11) is 0. The molecule has 0 aliphatic heterocycles. The lowest BCUT2D eigenvalue weighted by atomic mass is 10.2. The van der Waals surface area contributed by atoms with Crippen molar-refractivity contribution in [2.45, 2.75) is 53.9 Å². The summed E-state index contributed by atoms with van der Waals surface area (Å²) < 4.78 is 13.5. The fourth-order valence-electron chi connectivity index (χ4n) is 3.80. The van der Waals surface area contributed by atoms with Gasteiger partial charge in [-0.15, -0.1) is 0 Å². The molecule has 0 fully saturated rings. The molecule has 1 N–H and O–H groups in total. The molecular formula is C29H33N5O3. The van der Waals surface area contributed by atoms with Crippen molar-refractivity contribution in [2.75, 3.05) is 11.9 Å². The zero-order valence-corrected chi connectivity index (χ0v) is 22.0. The summed E-state index contributed by atoms with van der Waals surface area (Å²) in [6.45, 7) is 10.7. The molecule has 0 atom stereocenters. The standard InChI is InChI=1S/C29H33N5O3/c1-6-7-8-17-36-25-13-9-23(10-14-25)29(35)32-24-11-15-26(16-12-24)37-28-18-27(30-22(5)31-28)34-21(4)19(2)20(3)33-34/h9-16,18H,6-8,17H2,1-5H3,(H,32,35). The number of aromatic nitrogens is 4. The number of nitrogens with one attached hydrogen (secondary N) is 1. The van der Waals surface area contributed by atoms with E-state index < -0.39 is 0 Å². The number of nitrogens with zero attached hydrogens (tertiary/aromatic N) is 4. The maximum Gasteiger partial charge on any atom is 0.255 e. The van der Waals surface area contributed by atoms with Gasteiger partial charge in [-0.3, -0.25) is 4.79 Å². The van der Waals surface area contributed by atoms with Gasteiger partial charge in [0.05, 0.1) is 12.3 Å². The van der Waals surface area contributed by atoms with Gasteiger partial charge in [-0.2, -0.15) is 10.1 Å². The number of anilines is 1. The third-order valence-electron chi connectivity index (χ3n) is 6.14. The number of benzene rings is 2. The van der Waals surface area contributed by atoms with Gasteiger partial charge in [0.1, 0.15) is 17.3 Å². The zero-order valence-electron chi connectivity index (χ0n) is 22.0. The topological polar surface area (TPSA) is 91.2 Å². The smallest absolute Gasteiger partial charge is 0.255 e. The molecule has 0 saturated heterocycles. The maximum atomic E-state index is 12.7. The number of carbonyl (C=O) groups excluding carboxylic acids is 1. The Labute approximate surface area is 217 Å². The molecule has 2 aromatic carbocycles. The normalized spacial score (nSPS) is 10.8. The van der Waals surface area contributed by atoms with Crippen LogP contribution >= 0.6 is 0 Å². The van der Waals surface area contributed by atoms with E-state index in [9.17, 15) is 4.79 Å². The van der Waals surface area contributed by atoms with E-state index in [1.165, 1.54) is 0 Å². The third-order valence-corrected chi connectivity index (χ3v) is 6.14. The van der Waals surface area contributed by atoms with Crippen LogP contribution in [0.4, 0.5) is 5.69 Å². The summed E-state index contributed by atoms with van der Waals surface area (Å²) in [5.41, 5.74) is 4.33. The van der Waals surface area contributed by atoms with E-state index in [0.29, 0.717) is 41.1 Å². The first-order chi connectivity index (χ1) is 17.8. The molecule has 192 valence electrons. The van der Waals surface area contributed by atoms with E-state index in [2.05, 4.69) is 27.3 Å². The molecule has 0 saturated carbocycles. The van der Waals surface area contributed by atoms with Crippen molar-refractivity contribution in [2.24, 2.45) is 0 Å². The van der Waals surface area contributed by atoms with Crippen LogP contribution in [-0.4, -0.2) is 32.3 Å². The predicted octanol–water partition coefficient (Wildman–Crippen LogP) is 6.51. The lowest BCUT2D eigenvalue weighted by Gasteiger charge is -2.10. The van der Waals surface area contributed by atoms with E-state index in [4.69, 9.17) is 9.47 Å². The molecule has 37 heavy (non-hydrogen) atoms. The Kier molecular flexibility index (Phi) is 8.18. The van der Waals surface area contributed by atoms with Crippen LogP contribution in [0, 0.1) is 27.7 Å². The summed E-state index contributed by atoms with van der Waals surface area (Å²) in [5, 5.41) is 7.49. The van der Waals surface area contributed by atoms with Crippen molar-refractivity contribution in [3.63, 3.8) is 0 Å². The number of unbranched alkanes of at least 4 members (excludes halogenated alkanes) is 2. The summed E-state index contributed by atoms with van der Waals surface area (Å²) in [6.07, 6.45) is 3.33. The van der Waals surface area contributed by atoms with Gasteiger partial charge in [-0.1, -0.05) is 19.8 Å².